The fourth-order valence-corrected chi connectivity index (χ4v) is 3.89. The molecule has 4 atom stereocenters. The number of Topliss-reactive ketones (excluding diaryl/α,β-unsaturated/α-hetero) is 1. The fraction of sp³-hybridized carbons (Fsp3) is 0.562. The van der Waals surface area contributed by atoms with E-state index in [9.17, 15) is 10.1 Å². The smallest absolute Gasteiger partial charge is 0.154 e. The Bertz CT molecular complexity index is 505. The van der Waals surface area contributed by atoms with Gasteiger partial charge in [0.1, 0.15) is 5.92 Å². The highest BCUT2D eigenvalue weighted by Crippen LogP contribution is 2.49. The summed E-state index contributed by atoms with van der Waals surface area (Å²) in [6.07, 6.45) is 9.02. The van der Waals surface area contributed by atoms with Crippen molar-refractivity contribution < 1.29 is 4.79 Å². The number of rotatable bonds is 4. The molecule has 0 saturated heterocycles. The van der Waals surface area contributed by atoms with Crippen LogP contribution in [0.15, 0.2) is 24.5 Å². The number of aromatic nitrogens is 1. The van der Waals surface area contributed by atoms with Crippen molar-refractivity contribution in [2.75, 3.05) is 0 Å². The van der Waals surface area contributed by atoms with Crippen molar-refractivity contribution in [2.24, 2.45) is 17.8 Å². The van der Waals surface area contributed by atoms with Crippen molar-refractivity contribution in [3.8, 4) is 6.07 Å². The monoisotopic (exact) mass is 254 g/mol. The minimum Gasteiger partial charge on any atom is -0.298 e. The lowest BCUT2D eigenvalue weighted by atomic mass is 9.82. The molecule has 2 aliphatic carbocycles. The van der Waals surface area contributed by atoms with Crippen LogP contribution in [0.1, 0.15) is 43.6 Å². The Morgan fingerprint density at radius 3 is 2.74 bits per heavy atom. The molecule has 0 N–H and O–H groups in total. The van der Waals surface area contributed by atoms with Crippen LogP contribution in [-0.4, -0.2) is 10.8 Å². The van der Waals surface area contributed by atoms with Crippen LogP contribution in [0.2, 0.25) is 0 Å². The summed E-state index contributed by atoms with van der Waals surface area (Å²) < 4.78 is 0. The van der Waals surface area contributed by atoms with Crippen LogP contribution in [0.4, 0.5) is 0 Å². The van der Waals surface area contributed by atoms with Gasteiger partial charge in [-0.1, -0.05) is 6.42 Å². The molecule has 2 fully saturated rings. The van der Waals surface area contributed by atoms with Crippen molar-refractivity contribution in [1.29, 1.82) is 5.26 Å². The largest absolute Gasteiger partial charge is 0.298 e. The van der Waals surface area contributed by atoms with Gasteiger partial charge >= 0.3 is 0 Å². The van der Waals surface area contributed by atoms with Gasteiger partial charge in [-0.3, -0.25) is 9.78 Å². The molecule has 0 amide bonds. The number of ketones is 1. The van der Waals surface area contributed by atoms with Crippen LogP contribution < -0.4 is 0 Å². The summed E-state index contributed by atoms with van der Waals surface area (Å²) in [5, 5.41) is 9.26. The molecule has 1 heterocycles. The number of pyridine rings is 1. The second kappa shape index (κ2) is 5.13. The molecule has 3 nitrogen and oxygen atoms in total. The average molecular weight is 254 g/mol. The van der Waals surface area contributed by atoms with Crippen molar-refractivity contribution in [2.45, 2.75) is 38.0 Å². The molecule has 1 aromatic heterocycles. The quantitative estimate of drug-likeness (QED) is 0.829. The summed E-state index contributed by atoms with van der Waals surface area (Å²) in [4.78, 5) is 16.3. The molecule has 0 aromatic carbocycles. The van der Waals surface area contributed by atoms with Gasteiger partial charge in [-0.25, -0.2) is 0 Å². The van der Waals surface area contributed by atoms with Crippen molar-refractivity contribution in [1.82, 2.24) is 4.98 Å². The van der Waals surface area contributed by atoms with Crippen LogP contribution in [0.5, 0.6) is 0 Å². The van der Waals surface area contributed by atoms with Gasteiger partial charge in [-0.05, 0) is 54.7 Å². The first-order valence-electron chi connectivity index (χ1n) is 7.10. The zero-order valence-electron chi connectivity index (χ0n) is 11.0. The lowest BCUT2D eigenvalue weighted by Gasteiger charge is -2.21. The van der Waals surface area contributed by atoms with Gasteiger partial charge in [0.25, 0.3) is 0 Å². The lowest BCUT2D eigenvalue weighted by Crippen LogP contribution is -2.19. The Morgan fingerprint density at radius 2 is 2.16 bits per heavy atom. The van der Waals surface area contributed by atoms with E-state index >= 15 is 0 Å². The Hall–Kier alpha value is -1.69. The van der Waals surface area contributed by atoms with Crippen LogP contribution in [0, 0.1) is 29.1 Å². The van der Waals surface area contributed by atoms with Crippen molar-refractivity contribution >= 4 is 5.78 Å². The molecule has 1 aromatic rings. The molecular weight excluding hydrogens is 236 g/mol. The van der Waals surface area contributed by atoms with Gasteiger partial charge in [0, 0.05) is 18.8 Å². The van der Waals surface area contributed by atoms with E-state index in [0.717, 1.165) is 17.4 Å². The van der Waals surface area contributed by atoms with Crippen molar-refractivity contribution in [3.63, 3.8) is 0 Å². The standard InChI is InChI=1S/C16H18N2O/c17-10-15(12-3-5-18-6-4-12)16(19)9-14-8-11-1-2-13(14)7-11/h3-6,11,13-15H,1-2,7-9H2. The topological polar surface area (TPSA) is 53.8 Å². The number of hydrogen-bond acceptors (Lipinski definition) is 3. The molecule has 4 unspecified atom stereocenters. The average Bonchev–Trinajstić information content (AvgIpc) is 3.03. The highest BCUT2D eigenvalue weighted by molar-refractivity contribution is 5.88. The predicted molar refractivity (Wildman–Crippen MR) is 71.2 cm³/mol. The maximum absolute atomic E-state index is 12.4. The SMILES string of the molecule is N#CC(C(=O)CC1CC2CCC1C2)c1ccncc1. The van der Waals surface area contributed by atoms with Crippen LogP contribution in [0.25, 0.3) is 0 Å². The lowest BCUT2D eigenvalue weighted by molar-refractivity contribution is -0.120. The fourth-order valence-electron chi connectivity index (χ4n) is 3.89. The summed E-state index contributed by atoms with van der Waals surface area (Å²) in [6.45, 7) is 0. The zero-order chi connectivity index (χ0) is 13.2. The van der Waals surface area contributed by atoms with E-state index in [1.807, 2.05) is 0 Å². The summed E-state index contributed by atoms with van der Waals surface area (Å²) in [5.74, 6) is 1.60. The van der Waals surface area contributed by atoms with Gasteiger partial charge < -0.3 is 0 Å². The first kappa shape index (κ1) is 12.3. The Kier molecular flexibility index (Phi) is 3.33. The van der Waals surface area contributed by atoms with E-state index in [1.54, 1.807) is 24.5 Å². The van der Waals surface area contributed by atoms with Gasteiger partial charge in [-0.2, -0.15) is 5.26 Å². The summed E-state index contributed by atoms with van der Waals surface area (Å²) in [5.41, 5.74) is 0.783. The molecule has 3 rings (SSSR count). The number of nitriles is 1. The molecule has 0 aliphatic heterocycles. The second-order valence-electron chi connectivity index (χ2n) is 5.95. The minimum atomic E-state index is -0.609. The third-order valence-corrected chi connectivity index (χ3v) is 4.84. The molecular formula is C16H18N2O. The second-order valence-corrected chi connectivity index (χ2v) is 5.95. The van der Waals surface area contributed by atoms with E-state index in [-0.39, 0.29) is 5.78 Å². The van der Waals surface area contributed by atoms with Crippen LogP contribution >= 0.6 is 0 Å². The number of nitrogens with zero attached hydrogens (tertiary/aromatic N) is 2. The van der Waals surface area contributed by atoms with E-state index in [4.69, 9.17) is 0 Å². The van der Waals surface area contributed by atoms with Gasteiger partial charge in [-0.15, -0.1) is 0 Å². The van der Waals surface area contributed by atoms with E-state index in [0.29, 0.717) is 12.3 Å². The predicted octanol–water partition coefficient (Wildman–Crippen LogP) is 3.08. The summed E-state index contributed by atoms with van der Waals surface area (Å²) in [6, 6.07) is 5.70. The van der Waals surface area contributed by atoms with Gasteiger partial charge in [0.15, 0.2) is 5.78 Å². The number of carbonyl (C=O) groups excluding carboxylic acids is 1. The van der Waals surface area contributed by atoms with E-state index in [2.05, 4.69) is 11.1 Å². The molecule has 19 heavy (non-hydrogen) atoms. The van der Waals surface area contributed by atoms with Crippen LogP contribution in [-0.2, 0) is 4.79 Å². The Balaban J connectivity index is 1.68. The van der Waals surface area contributed by atoms with Gasteiger partial charge in [0.2, 0.25) is 0 Å². The maximum Gasteiger partial charge on any atom is 0.154 e. The van der Waals surface area contributed by atoms with E-state index in [1.165, 1.54) is 25.7 Å². The Morgan fingerprint density at radius 1 is 1.37 bits per heavy atom. The maximum atomic E-state index is 12.4. The minimum absolute atomic E-state index is 0.0891. The molecule has 98 valence electrons. The van der Waals surface area contributed by atoms with Crippen molar-refractivity contribution in [3.05, 3.63) is 30.1 Å². The molecule has 2 bridgehead atoms. The first-order valence-corrected chi connectivity index (χ1v) is 7.10. The molecule has 2 aliphatic rings. The number of fused-ring (bicyclic) bond motifs is 2. The molecule has 2 saturated carbocycles. The first-order chi connectivity index (χ1) is 9.28. The number of carbonyl (C=O) groups is 1. The third kappa shape index (κ3) is 2.40. The Labute approximate surface area is 113 Å². The zero-order valence-corrected chi connectivity index (χ0v) is 11.0. The molecule has 3 heteroatoms. The van der Waals surface area contributed by atoms with Crippen LogP contribution in [0.3, 0.4) is 0 Å². The highest BCUT2D eigenvalue weighted by atomic mass is 16.1. The molecule has 0 radical (unpaired) electrons. The molecule has 0 spiro atoms. The normalized spacial score (nSPS) is 29.9. The third-order valence-electron chi connectivity index (χ3n) is 4.84. The highest BCUT2D eigenvalue weighted by Gasteiger charge is 2.40. The summed E-state index contributed by atoms with van der Waals surface area (Å²) in [7, 11) is 0. The number of hydrogen-bond donors (Lipinski definition) is 0. The van der Waals surface area contributed by atoms with Gasteiger partial charge in [0.05, 0.1) is 6.07 Å². The van der Waals surface area contributed by atoms with E-state index < -0.39 is 5.92 Å². The summed E-state index contributed by atoms with van der Waals surface area (Å²) >= 11 is 0.